The second-order valence-corrected chi connectivity index (χ2v) is 6.30. The smallest absolute Gasteiger partial charge is 0.216 e. The molecule has 0 bridgehead atoms. The molecule has 2 unspecified atom stereocenters. The van der Waals surface area contributed by atoms with E-state index in [1.807, 2.05) is 20.8 Å². The number of sulfonamides is 1. The van der Waals surface area contributed by atoms with E-state index in [4.69, 9.17) is 0 Å². The number of rotatable bonds is 4. The van der Waals surface area contributed by atoms with Gasteiger partial charge in [-0.1, -0.05) is 13.8 Å². The van der Waals surface area contributed by atoms with Crippen LogP contribution in [0.4, 0.5) is 0 Å². The fourth-order valence-corrected chi connectivity index (χ4v) is 3.13. The van der Waals surface area contributed by atoms with Gasteiger partial charge in [0.1, 0.15) is 0 Å². The molecular formula is C9H20N2O2S. The summed E-state index contributed by atoms with van der Waals surface area (Å²) in [5, 5.41) is 2.82. The Morgan fingerprint density at radius 3 is 2.43 bits per heavy atom. The van der Waals surface area contributed by atoms with Gasteiger partial charge in [-0.05, 0) is 25.8 Å². The molecule has 4 nitrogen and oxygen atoms in total. The van der Waals surface area contributed by atoms with Crippen LogP contribution in [0.15, 0.2) is 0 Å². The topological polar surface area (TPSA) is 58.2 Å². The summed E-state index contributed by atoms with van der Waals surface area (Å²) in [6, 6.07) is 0.0144. The molecule has 0 aromatic heterocycles. The summed E-state index contributed by atoms with van der Waals surface area (Å²) in [5.74, 6) is 0.333. The van der Waals surface area contributed by atoms with E-state index in [1.165, 1.54) is 0 Å². The van der Waals surface area contributed by atoms with E-state index in [-0.39, 0.29) is 11.3 Å². The standard InChI is InChI=1S/C9H20N2O2S/c1-7(2)8(3)11-14(12,13)9-4-5-10-6-9/h7-11H,4-6H2,1-3H3. The molecule has 84 valence electrons. The number of nitrogens with one attached hydrogen (secondary N) is 2. The largest absolute Gasteiger partial charge is 0.315 e. The Hall–Kier alpha value is -0.130. The molecule has 14 heavy (non-hydrogen) atoms. The lowest BCUT2D eigenvalue weighted by atomic mass is 10.1. The van der Waals surface area contributed by atoms with Crippen molar-refractivity contribution in [1.29, 1.82) is 0 Å². The van der Waals surface area contributed by atoms with Crippen LogP contribution < -0.4 is 10.0 Å². The van der Waals surface area contributed by atoms with Crippen molar-refractivity contribution in [2.24, 2.45) is 5.92 Å². The molecule has 0 saturated carbocycles. The zero-order valence-corrected chi connectivity index (χ0v) is 9.89. The van der Waals surface area contributed by atoms with E-state index in [0.717, 1.165) is 13.0 Å². The van der Waals surface area contributed by atoms with E-state index >= 15 is 0 Å². The van der Waals surface area contributed by atoms with Crippen LogP contribution in [0.2, 0.25) is 0 Å². The molecule has 0 spiro atoms. The lowest BCUT2D eigenvalue weighted by Crippen LogP contribution is -2.42. The number of hydrogen-bond acceptors (Lipinski definition) is 3. The zero-order valence-electron chi connectivity index (χ0n) is 9.08. The lowest BCUT2D eigenvalue weighted by Gasteiger charge is -2.20. The average molecular weight is 220 g/mol. The minimum Gasteiger partial charge on any atom is -0.315 e. The molecule has 0 radical (unpaired) electrons. The first kappa shape index (κ1) is 11.9. The van der Waals surface area contributed by atoms with Crippen molar-refractivity contribution < 1.29 is 8.42 Å². The second kappa shape index (κ2) is 4.59. The summed E-state index contributed by atoms with van der Waals surface area (Å²) < 4.78 is 26.3. The molecule has 0 aromatic carbocycles. The molecule has 1 aliphatic heterocycles. The van der Waals surface area contributed by atoms with Crippen LogP contribution in [-0.4, -0.2) is 32.8 Å². The maximum Gasteiger partial charge on any atom is 0.216 e. The Morgan fingerprint density at radius 2 is 2.00 bits per heavy atom. The van der Waals surface area contributed by atoms with E-state index in [0.29, 0.717) is 12.5 Å². The van der Waals surface area contributed by atoms with E-state index in [2.05, 4.69) is 10.0 Å². The maximum atomic E-state index is 11.8. The van der Waals surface area contributed by atoms with Crippen molar-refractivity contribution in [3.63, 3.8) is 0 Å². The van der Waals surface area contributed by atoms with Gasteiger partial charge in [0.25, 0.3) is 0 Å². The van der Waals surface area contributed by atoms with Gasteiger partial charge in [0.15, 0.2) is 0 Å². The van der Waals surface area contributed by atoms with Gasteiger partial charge in [-0.3, -0.25) is 0 Å². The van der Waals surface area contributed by atoms with Crippen LogP contribution in [-0.2, 0) is 10.0 Å². The third-order valence-electron chi connectivity index (χ3n) is 2.80. The van der Waals surface area contributed by atoms with Gasteiger partial charge in [-0.15, -0.1) is 0 Å². The Kier molecular flexibility index (Phi) is 3.92. The van der Waals surface area contributed by atoms with Crippen molar-refractivity contribution in [1.82, 2.24) is 10.0 Å². The normalized spacial score (nSPS) is 25.6. The van der Waals surface area contributed by atoms with Gasteiger partial charge in [0.05, 0.1) is 5.25 Å². The first-order chi connectivity index (χ1) is 6.43. The molecule has 1 aliphatic rings. The average Bonchev–Trinajstić information content (AvgIpc) is 2.54. The molecule has 1 fully saturated rings. The van der Waals surface area contributed by atoms with Crippen molar-refractivity contribution in [2.75, 3.05) is 13.1 Å². The van der Waals surface area contributed by atoms with Gasteiger partial charge in [-0.25, -0.2) is 13.1 Å². The van der Waals surface area contributed by atoms with Crippen LogP contribution in [0.5, 0.6) is 0 Å². The van der Waals surface area contributed by atoms with E-state index in [1.54, 1.807) is 0 Å². The first-order valence-corrected chi connectivity index (χ1v) is 6.70. The molecule has 5 heteroatoms. The molecular weight excluding hydrogens is 200 g/mol. The van der Waals surface area contributed by atoms with Crippen molar-refractivity contribution >= 4 is 10.0 Å². The predicted octanol–water partition coefficient (Wildman–Crippen LogP) is 0.312. The molecule has 0 aromatic rings. The summed E-state index contributed by atoms with van der Waals surface area (Å²) in [4.78, 5) is 0. The molecule has 1 heterocycles. The van der Waals surface area contributed by atoms with Crippen molar-refractivity contribution in [3.8, 4) is 0 Å². The lowest BCUT2D eigenvalue weighted by molar-refractivity contribution is 0.472. The van der Waals surface area contributed by atoms with Crippen LogP contribution >= 0.6 is 0 Å². The second-order valence-electron chi connectivity index (χ2n) is 4.31. The number of hydrogen-bond donors (Lipinski definition) is 2. The SMILES string of the molecule is CC(C)C(C)NS(=O)(=O)C1CCNC1. The van der Waals surface area contributed by atoms with Crippen LogP contribution in [0.3, 0.4) is 0 Å². The van der Waals surface area contributed by atoms with Gasteiger partial charge in [-0.2, -0.15) is 0 Å². The Bertz CT molecular complexity index is 269. The maximum absolute atomic E-state index is 11.8. The fourth-order valence-electron chi connectivity index (χ4n) is 1.38. The zero-order chi connectivity index (χ0) is 10.8. The highest BCUT2D eigenvalue weighted by Gasteiger charge is 2.29. The summed E-state index contributed by atoms with van der Waals surface area (Å²) >= 11 is 0. The van der Waals surface area contributed by atoms with Gasteiger partial charge < -0.3 is 5.32 Å². The minimum absolute atomic E-state index is 0.0144. The van der Waals surface area contributed by atoms with Gasteiger partial charge in [0, 0.05) is 12.6 Å². The van der Waals surface area contributed by atoms with Crippen molar-refractivity contribution in [3.05, 3.63) is 0 Å². The predicted molar refractivity (Wildman–Crippen MR) is 57.6 cm³/mol. The fraction of sp³-hybridized carbons (Fsp3) is 1.00. The van der Waals surface area contributed by atoms with E-state index < -0.39 is 10.0 Å². The molecule has 1 saturated heterocycles. The third kappa shape index (κ3) is 2.93. The highest BCUT2D eigenvalue weighted by atomic mass is 32.2. The summed E-state index contributed by atoms with van der Waals surface area (Å²) in [7, 11) is -3.12. The van der Waals surface area contributed by atoms with Crippen LogP contribution in [0, 0.1) is 5.92 Å². The van der Waals surface area contributed by atoms with Gasteiger partial charge >= 0.3 is 0 Å². The third-order valence-corrected chi connectivity index (χ3v) is 4.78. The summed E-state index contributed by atoms with van der Waals surface area (Å²) in [5.41, 5.74) is 0. The Balaban J connectivity index is 2.57. The van der Waals surface area contributed by atoms with E-state index in [9.17, 15) is 8.42 Å². The molecule has 2 N–H and O–H groups in total. The highest BCUT2D eigenvalue weighted by Crippen LogP contribution is 2.11. The van der Waals surface area contributed by atoms with Crippen LogP contribution in [0.25, 0.3) is 0 Å². The molecule has 1 rings (SSSR count). The monoisotopic (exact) mass is 220 g/mol. The van der Waals surface area contributed by atoms with Crippen molar-refractivity contribution in [2.45, 2.75) is 38.5 Å². The Labute approximate surface area is 86.5 Å². The molecule has 2 atom stereocenters. The minimum atomic E-state index is -3.12. The molecule has 0 aliphatic carbocycles. The van der Waals surface area contributed by atoms with Gasteiger partial charge in [0.2, 0.25) is 10.0 Å². The first-order valence-electron chi connectivity index (χ1n) is 5.15. The summed E-state index contributed by atoms with van der Waals surface area (Å²) in [6.45, 7) is 7.33. The Morgan fingerprint density at radius 1 is 1.36 bits per heavy atom. The van der Waals surface area contributed by atoms with Crippen LogP contribution in [0.1, 0.15) is 27.2 Å². The molecule has 0 amide bonds. The summed E-state index contributed by atoms with van der Waals surface area (Å²) in [6.07, 6.45) is 0.722. The highest BCUT2D eigenvalue weighted by molar-refractivity contribution is 7.90. The quantitative estimate of drug-likeness (QED) is 0.717.